The standard InChI is InChI=1S/C13H19N3.C8H10O/c1-13(2)8-12(15-16(13)3)11-6-4-5-10(7-11)9-14;1-3-5-8(7-9)6-4-2/h4-7H,8-9,14H2,1-3H3;3-7H,1H2,2H3/b;6-4-,8-5+. The Morgan fingerprint density at radius 2 is 2.16 bits per heavy atom. The first-order valence-corrected chi connectivity index (χ1v) is 8.39. The largest absolute Gasteiger partial charge is 0.326 e. The van der Waals surface area contributed by atoms with Crippen LogP contribution in [0.5, 0.6) is 0 Å². The van der Waals surface area contributed by atoms with Gasteiger partial charge in [0.25, 0.3) is 0 Å². The normalized spacial score (nSPS) is 16.3. The fourth-order valence-electron chi connectivity index (χ4n) is 2.38. The Bertz CT molecular complexity index is 684. The molecule has 0 bridgehead atoms. The predicted octanol–water partition coefficient (Wildman–Crippen LogP) is 3.84. The molecule has 0 atom stereocenters. The van der Waals surface area contributed by atoms with E-state index in [2.05, 4.69) is 37.7 Å². The summed E-state index contributed by atoms with van der Waals surface area (Å²) < 4.78 is 0. The Morgan fingerprint density at radius 1 is 1.44 bits per heavy atom. The van der Waals surface area contributed by atoms with Crippen LogP contribution in [0.1, 0.15) is 38.3 Å². The molecule has 1 aliphatic heterocycles. The number of rotatable bonds is 5. The van der Waals surface area contributed by atoms with Gasteiger partial charge in [-0.05, 0) is 38.0 Å². The summed E-state index contributed by atoms with van der Waals surface area (Å²) in [5.41, 5.74) is 9.92. The van der Waals surface area contributed by atoms with Gasteiger partial charge in [0.1, 0.15) is 6.29 Å². The smallest absolute Gasteiger partial charge is 0.150 e. The lowest BCUT2D eigenvalue weighted by atomic mass is 9.94. The summed E-state index contributed by atoms with van der Waals surface area (Å²) in [5, 5.41) is 6.64. The zero-order valence-electron chi connectivity index (χ0n) is 15.7. The number of carbonyl (C=O) groups excluding carboxylic acids is 1. The van der Waals surface area contributed by atoms with Gasteiger partial charge in [-0.25, -0.2) is 0 Å². The van der Waals surface area contributed by atoms with Crippen molar-refractivity contribution in [1.29, 1.82) is 0 Å². The van der Waals surface area contributed by atoms with Gasteiger partial charge in [-0.15, -0.1) is 0 Å². The van der Waals surface area contributed by atoms with Gasteiger partial charge in [0, 0.05) is 25.6 Å². The van der Waals surface area contributed by atoms with E-state index in [-0.39, 0.29) is 5.54 Å². The molecule has 2 N–H and O–H groups in total. The van der Waals surface area contributed by atoms with Crippen LogP contribution in [-0.2, 0) is 11.3 Å². The number of allylic oxidation sites excluding steroid dienone is 5. The molecule has 0 spiro atoms. The minimum Gasteiger partial charge on any atom is -0.326 e. The molecule has 0 aromatic heterocycles. The number of hydrazone groups is 1. The van der Waals surface area contributed by atoms with Crippen LogP contribution in [0, 0.1) is 0 Å². The third-order valence-electron chi connectivity index (χ3n) is 4.05. The fourth-order valence-corrected chi connectivity index (χ4v) is 2.38. The van der Waals surface area contributed by atoms with Crippen molar-refractivity contribution in [3.05, 3.63) is 71.8 Å². The molecule has 0 amide bonds. The van der Waals surface area contributed by atoms with Gasteiger partial charge in [0.15, 0.2) is 0 Å². The summed E-state index contributed by atoms with van der Waals surface area (Å²) in [6.07, 6.45) is 8.56. The van der Waals surface area contributed by atoms with E-state index in [0.29, 0.717) is 12.1 Å². The third-order valence-corrected chi connectivity index (χ3v) is 4.05. The number of carbonyl (C=O) groups is 1. The van der Waals surface area contributed by atoms with Crippen LogP contribution >= 0.6 is 0 Å². The number of nitrogens with two attached hydrogens (primary N) is 1. The molecule has 0 saturated heterocycles. The highest BCUT2D eigenvalue weighted by atomic mass is 16.1. The first-order valence-electron chi connectivity index (χ1n) is 8.39. The average molecular weight is 339 g/mol. The van der Waals surface area contributed by atoms with Crippen molar-refractivity contribution in [2.24, 2.45) is 10.8 Å². The minimum absolute atomic E-state index is 0.119. The molecule has 0 aliphatic carbocycles. The van der Waals surface area contributed by atoms with Crippen molar-refractivity contribution in [3.8, 4) is 0 Å². The highest BCUT2D eigenvalue weighted by molar-refractivity contribution is 6.02. The van der Waals surface area contributed by atoms with Crippen molar-refractivity contribution in [2.45, 2.75) is 39.3 Å². The second-order valence-corrected chi connectivity index (χ2v) is 6.48. The summed E-state index contributed by atoms with van der Waals surface area (Å²) in [4.78, 5) is 10.1. The van der Waals surface area contributed by atoms with E-state index in [1.165, 1.54) is 5.56 Å². The number of nitrogens with zero attached hydrogens (tertiary/aromatic N) is 2. The molecule has 0 fully saturated rings. The zero-order chi connectivity index (χ0) is 18.9. The number of aldehydes is 1. The molecule has 25 heavy (non-hydrogen) atoms. The van der Waals surface area contributed by atoms with E-state index in [1.54, 1.807) is 18.2 Å². The molecular formula is C21H29N3O. The molecule has 0 unspecified atom stereocenters. The lowest BCUT2D eigenvalue weighted by Gasteiger charge is -2.26. The summed E-state index contributed by atoms with van der Waals surface area (Å²) in [5.74, 6) is 0. The van der Waals surface area contributed by atoms with Crippen LogP contribution in [0.3, 0.4) is 0 Å². The van der Waals surface area contributed by atoms with Crippen molar-refractivity contribution in [1.82, 2.24) is 5.01 Å². The van der Waals surface area contributed by atoms with Gasteiger partial charge in [-0.3, -0.25) is 9.80 Å². The molecule has 0 radical (unpaired) electrons. The van der Waals surface area contributed by atoms with Gasteiger partial charge in [0.05, 0.1) is 11.3 Å². The molecule has 4 heteroatoms. The van der Waals surface area contributed by atoms with E-state index >= 15 is 0 Å². The second kappa shape index (κ2) is 9.74. The fraction of sp³-hybridized carbons (Fsp3) is 0.333. The van der Waals surface area contributed by atoms with E-state index in [4.69, 9.17) is 5.73 Å². The molecule has 1 aliphatic rings. The average Bonchev–Trinajstić information content (AvgIpc) is 2.88. The highest BCUT2D eigenvalue weighted by Crippen LogP contribution is 2.27. The van der Waals surface area contributed by atoms with Crippen molar-refractivity contribution in [3.63, 3.8) is 0 Å². The first kappa shape index (κ1) is 20.6. The van der Waals surface area contributed by atoms with E-state index in [9.17, 15) is 4.79 Å². The van der Waals surface area contributed by atoms with Crippen molar-refractivity contribution >= 4 is 12.0 Å². The Balaban J connectivity index is 0.000000299. The lowest BCUT2D eigenvalue weighted by Crippen LogP contribution is -2.33. The summed E-state index contributed by atoms with van der Waals surface area (Å²) in [6.45, 7) is 10.3. The quantitative estimate of drug-likeness (QED) is 0.504. The van der Waals surface area contributed by atoms with Crippen LogP contribution in [0.15, 0.2) is 65.8 Å². The van der Waals surface area contributed by atoms with Gasteiger partial charge in [-0.1, -0.05) is 49.1 Å². The molecule has 0 saturated carbocycles. The van der Waals surface area contributed by atoms with Gasteiger partial charge >= 0.3 is 0 Å². The maximum absolute atomic E-state index is 10.1. The summed E-state index contributed by atoms with van der Waals surface area (Å²) in [7, 11) is 2.03. The zero-order valence-corrected chi connectivity index (χ0v) is 15.7. The van der Waals surface area contributed by atoms with E-state index in [1.807, 2.05) is 37.2 Å². The van der Waals surface area contributed by atoms with E-state index in [0.717, 1.165) is 24.0 Å². The van der Waals surface area contributed by atoms with Crippen LogP contribution in [0.4, 0.5) is 0 Å². The maximum Gasteiger partial charge on any atom is 0.150 e. The molecule has 1 aromatic rings. The van der Waals surface area contributed by atoms with Crippen LogP contribution < -0.4 is 5.73 Å². The second-order valence-electron chi connectivity index (χ2n) is 6.48. The van der Waals surface area contributed by atoms with Gasteiger partial charge < -0.3 is 5.73 Å². The van der Waals surface area contributed by atoms with Gasteiger partial charge in [0.2, 0.25) is 0 Å². The summed E-state index contributed by atoms with van der Waals surface area (Å²) in [6, 6.07) is 8.33. The molecule has 1 heterocycles. The van der Waals surface area contributed by atoms with Crippen molar-refractivity contribution in [2.75, 3.05) is 7.05 Å². The van der Waals surface area contributed by atoms with Crippen LogP contribution in [0.2, 0.25) is 0 Å². The molecule has 4 nitrogen and oxygen atoms in total. The lowest BCUT2D eigenvalue weighted by molar-refractivity contribution is -0.104. The Hall–Kier alpha value is -2.46. The van der Waals surface area contributed by atoms with Crippen LogP contribution in [0.25, 0.3) is 0 Å². The molecule has 134 valence electrons. The van der Waals surface area contributed by atoms with E-state index < -0.39 is 0 Å². The predicted molar refractivity (Wildman–Crippen MR) is 106 cm³/mol. The third kappa shape index (κ3) is 6.16. The number of benzene rings is 1. The number of hydrogen-bond donors (Lipinski definition) is 1. The first-order chi connectivity index (χ1) is 11.9. The topological polar surface area (TPSA) is 58.7 Å². The Labute approximate surface area is 151 Å². The molecule has 2 rings (SSSR count). The maximum atomic E-state index is 10.1. The van der Waals surface area contributed by atoms with Gasteiger partial charge in [-0.2, -0.15) is 5.10 Å². The Kier molecular flexibility index (Phi) is 8.02. The molecule has 1 aromatic carbocycles. The summed E-state index contributed by atoms with van der Waals surface area (Å²) >= 11 is 0. The molecular weight excluding hydrogens is 310 g/mol. The SMILES string of the molecule is C=C/C=C(C=O)\C=C/C.CN1N=C(c2cccc(CN)c2)CC1(C)C. The minimum atomic E-state index is 0.119. The Morgan fingerprint density at radius 3 is 2.64 bits per heavy atom. The monoisotopic (exact) mass is 339 g/mol. The number of hydrogen-bond acceptors (Lipinski definition) is 4. The highest BCUT2D eigenvalue weighted by Gasteiger charge is 2.31. The van der Waals surface area contributed by atoms with Crippen molar-refractivity contribution < 1.29 is 4.79 Å². The van der Waals surface area contributed by atoms with Crippen LogP contribution in [-0.4, -0.2) is 29.6 Å².